The average molecular weight is 1970 g/mol. The lowest BCUT2D eigenvalue weighted by atomic mass is 9.89. The Morgan fingerprint density at radius 3 is 1.04 bits per heavy atom. The Morgan fingerprint density at radius 2 is 0.683 bits per heavy atom. The Morgan fingerprint density at radius 1 is 0.353 bits per heavy atom. The van der Waals surface area contributed by atoms with Gasteiger partial charge in [0.2, 0.25) is 16.1 Å². The third-order valence-electron chi connectivity index (χ3n) is 22.5. The second-order valence-corrected chi connectivity index (χ2v) is 32.1. The van der Waals surface area contributed by atoms with Crippen LogP contribution in [0.1, 0.15) is 250 Å². The fraction of sp³-hybridized carbons (Fsp3) is 0.404. The van der Waals surface area contributed by atoms with E-state index < -0.39 is 228 Å². The third kappa shape index (κ3) is 23.4. The lowest BCUT2D eigenvalue weighted by Gasteiger charge is -2.33. The first-order chi connectivity index (χ1) is 84.5. The van der Waals surface area contributed by atoms with E-state index in [4.69, 9.17) is 121 Å². The molecule has 19 rings (SSSR count). The van der Waals surface area contributed by atoms with Crippen LogP contribution in [0.25, 0.3) is 100 Å². The van der Waals surface area contributed by atoms with Gasteiger partial charge in [0, 0.05) is 290 Å². The van der Waals surface area contributed by atoms with E-state index >= 15 is 0 Å². The number of fused-ring (bicyclic) bond motifs is 6. The van der Waals surface area contributed by atoms with Crippen LogP contribution < -0.4 is 70.5 Å². The van der Waals surface area contributed by atoms with E-state index in [1.807, 2.05) is 0 Å². The van der Waals surface area contributed by atoms with Gasteiger partial charge in [-0.2, -0.15) is 0 Å². The second-order valence-electron chi connectivity index (χ2n) is 31.4. The summed E-state index contributed by atoms with van der Waals surface area (Å²) < 4.78 is 410. The fourth-order valence-electron chi connectivity index (χ4n) is 15.7. The van der Waals surface area contributed by atoms with Crippen LogP contribution >= 0.6 is 23.2 Å². The van der Waals surface area contributed by atoms with E-state index in [-0.39, 0.29) is 198 Å². The van der Waals surface area contributed by atoms with Crippen molar-refractivity contribution in [1.82, 2.24) is 29.4 Å². The number of imide groups is 1. The molecule has 0 atom stereocenters. The number of aromatic carboxylic acids is 3. The third-order valence-corrected chi connectivity index (χ3v) is 23.0. The van der Waals surface area contributed by atoms with Gasteiger partial charge in [0.1, 0.15) is 89.5 Å². The number of carbonyl (C=O) groups excluding carboxylic acids is 8. The number of carboxylic acid groups (broad SMARTS) is 3. The number of hydrogen-bond acceptors (Lipinski definition) is 22. The number of hydroxylamine groups is 2. The van der Waals surface area contributed by atoms with Crippen LogP contribution in [0.15, 0.2) is 177 Å². The molecule has 10 heterocycles. The molecule has 10 aliphatic heterocycles. The number of amides is 4. The summed E-state index contributed by atoms with van der Waals surface area (Å²) in [7, 11) is 0. The van der Waals surface area contributed by atoms with Crippen LogP contribution in [-0.4, -0.2) is 208 Å². The molecule has 7 saturated heterocycles. The van der Waals surface area contributed by atoms with Crippen molar-refractivity contribution in [3.05, 3.63) is 213 Å². The lowest BCUT2D eigenvalue weighted by molar-refractivity contribution is -0.256. The highest BCUT2D eigenvalue weighted by Gasteiger charge is 2.35. The number of halogens is 2. The Bertz CT molecular complexity index is 8850. The molecule has 726 valence electrons. The van der Waals surface area contributed by atoms with Gasteiger partial charge in [0.05, 0.1) is 87.7 Å². The average Bonchev–Trinajstić information content (AvgIpc) is 1.17. The number of alkyl halides is 2. The van der Waals surface area contributed by atoms with Crippen molar-refractivity contribution in [2.24, 2.45) is 0 Å². The number of anilines is 3. The summed E-state index contributed by atoms with van der Waals surface area (Å²) in [4.78, 5) is 109. The van der Waals surface area contributed by atoms with Crippen LogP contribution in [0.5, 0.6) is 0 Å². The van der Waals surface area contributed by atoms with Gasteiger partial charge in [-0.05, 0) is 165 Å². The molecule has 30 heteroatoms. The zero-order valence-corrected chi connectivity index (χ0v) is 75.3. The van der Waals surface area contributed by atoms with Crippen LogP contribution in [0.4, 0.5) is 17.1 Å². The molecule has 0 radical (unpaired) electrons. The Labute approximate surface area is 877 Å². The van der Waals surface area contributed by atoms with Crippen LogP contribution in [-0.2, 0) is 33.4 Å². The van der Waals surface area contributed by atoms with Gasteiger partial charge in [-0.15, -0.1) is 28.3 Å². The number of rotatable bonds is 37. The summed E-state index contributed by atoms with van der Waals surface area (Å²) in [5.74, 6) is -8.75. The van der Waals surface area contributed by atoms with Crippen LogP contribution in [0, 0.1) is 0 Å². The summed E-state index contributed by atoms with van der Waals surface area (Å²) in [6, 6.07) is 31.4. The van der Waals surface area contributed by atoms with Crippen LogP contribution in [0.2, 0.25) is 0 Å². The maximum atomic E-state index is 13.5. The highest BCUT2D eigenvalue weighted by atomic mass is 35.5. The molecule has 6 aromatic rings. The van der Waals surface area contributed by atoms with Crippen molar-refractivity contribution in [3.63, 3.8) is 0 Å². The number of benzene rings is 9. The SMILES string of the molecule is [2H]C1([2H])N(c2ccc3c(-c4cc(C(=O)NCCOCCOCCCCCCCl)ccc4C(=O)[O-])c4ccc(=[N+]5C([2H])([2H])C([2H])([2H])C([2H])([2H])C5([2H])[2H])cc-4oc3c2)C([2H])([2H])C([2H])([2H])C1([2H])[2H].[2H]C1([2H])N(c2ccc3c(-c4cc(C(=O)NCCOCCOCCCCCCCl)ccc4C(=O)[O-])c4ccc(=[N+]5C([2H])([2H])C([2H])([2H])C5([2H])[2H])cc-4oc3c2)C([2H])([2H])C1([2H])[2H].[2H]C1([2H])N(c2ccc3c(-c4cc(C(=O)ON5C(=O)CCC5=O)ccc4C(=O)[O-])c4ccc(=[N+]5C([2H])([2H])C([2H])([2H])C([2H])([2H])C5([2H])[2H])cc-4oc3c2)C([2H])([2H])C([2H])([2H])C1([2H])[2H]. The summed E-state index contributed by atoms with van der Waals surface area (Å²) in [5, 5.41) is 42.7. The number of carboxylic acids is 3. The van der Waals surface area contributed by atoms with Gasteiger partial charge in [0.25, 0.3) is 23.6 Å². The minimum Gasteiger partial charge on any atom is -0.545 e. The minimum atomic E-state index is -3.45. The molecule has 3 aliphatic carbocycles. The van der Waals surface area contributed by atoms with Gasteiger partial charge in [-0.1, -0.05) is 43.9 Å². The lowest BCUT2D eigenvalue weighted by Crippen LogP contribution is -2.40. The molecule has 0 bridgehead atoms. The molecule has 2 N–H and O–H groups in total. The first kappa shape index (κ1) is 57.0. The van der Waals surface area contributed by atoms with Gasteiger partial charge < -0.3 is 92.1 Å². The predicted molar refractivity (Wildman–Crippen MR) is 528 cm³/mol. The maximum Gasteiger partial charge on any atom is 0.363 e. The van der Waals surface area contributed by atoms with Crippen molar-refractivity contribution in [1.29, 1.82) is 0 Å². The summed E-state index contributed by atoms with van der Waals surface area (Å²) >= 11 is 11.4. The Balaban J connectivity index is 0.000000181. The molecule has 0 saturated carbocycles. The largest absolute Gasteiger partial charge is 0.545 e. The van der Waals surface area contributed by atoms with E-state index in [9.17, 15) is 53.7 Å². The molecular weight excluding hydrogens is 1810 g/mol. The van der Waals surface area contributed by atoms with Crippen molar-refractivity contribution in [3.8, 4) is 67.4 Å². The summed E-state index contributed by atoms with van der Waals surface area (Å²) in [5.41, 5.74) is -4.00. The summed E-state index contributed by atoms with van der Waals surface area (Å²) in [6.07, 6.45) is -26.0. The quantitative estimate of drug-likeness (QED) is 0.0120. The molecule has 13 aliphatic rings. The molecular formula is C109H117Cl2N9O19. The normalized spacial score (nSPS) is 28.0. The van der Waals surface area contributed by atoms with E-state index in [1.165, 1.54) is 91.0 Å². The fourth-order valence-corrected chi connectivity index (χ4v) is 16.1. The number of nitrogens with zero attached hydrogens (tertiary/aromatic N) is 7. The number of carbonyl (C=O) groups is 8. The van der Waals surface area contributed by atoms with Gasteiger partial charge in [0.15, 0.2) is 0 Å². The van der Waals surface area contributed by atoms with E-state index in [2.05, 4.69) is 10.6 Å². The number of unbranched alkanes of at least 4 members (excludes halogenated alkanes) is 6. The number of ether oxygens (including phenoxy) is 4. The second kappa shape index (κ2) is 46.8. The smallest absolute Gasteiger partial charge is 0.363 e. The molecule has 0 unspecified atom stereocenters. The van der Waals surface area contributed by atoms with Gasteiger partial charge in [-0.3, -0.25) is 19.2 Å². The topological polar surface area (TPSA) is 337 Å². The predicted octanol–water partition coefficient (Wildman–Crippen LogP) is 12.8. The van der Waals surface area contributed by atoms with Crippen molar-refractivity contribution >= 4 is 121 Å². The molecule has 4 amide bonds. The molecule has 7 fully saturated rings. The number of hydrogen-bond donors (Lipinski definition) is 2. The highest BCUT2D eigenvalue weighted by Crippen LogP contribution is 2.47. The molecule has 28 nitrogen and oxygen atoms in total. The van der Waals surface area contributed by atoms with Gasteiger partial charge >= 0.3 is 5.97 Å². The highest BCUT2D eigenvalue weighted by molar-refractivity contribution is 6.18. The zero-order chi connectivity index (χ0) is 136. The maximum absolute atomic E-state index is 13.5. The molecule has 0 spiro atoms. The molecule has 0 aromatic heterocycles. The first-order valence-corrected chi connectivity index (χ1v) is 45.0. The van der Waals surface area contributed by atoms with Crippen molar-refractivity contribution in [2.45, 2.75) is 128 Å². The molecule has 139 heavy (non-hydrogen) atoms. The van der Waals surface area contributed by atoms with Crippen LogP contribution in [0.3, 0.4) is 0 Å². The standard InChI is InChI=1S/C39H46ClN3O6.C37H42ClN3O6.C33H29N3O7/c40-15-3-1-2-8-21-47-23-24-48-22-16-41-38(44)28-9-12-31(39(45)46)34(25-28)37-32-13-10-29(42-17-4-5-18-42)26-35(32)49-36-27-30(11-14-33(36)37)43-19-6-7-20-43;38-13-3-1-2-4-19-45-21-22-46-20-14-39-36(42)26-7-10-29(37(43)44)32(23-26)35-30-11-8-27(40-15-5-16-40)24-33(30)47-34-25-28(9-12-31(34)35)41-17-6-18-41;37-29-11-12-30(38)36(29)43-33(41)20-5-8-23(32(39)40)26(17-20)31-24-9-6-21(34-13-1-2-14-34)18-27(24)42-28-19-22(7-10-25(28)31)35-15-3-4-16-35/h9-14,25-27H,1-8,15-24H2,(H-,41,44,45,46);7-12,23-25H,1-6,13-22H2,(H-,39,42,43,44);5-10,17-19H,1-4,11-16H2/i4D2,5D2,6D2,7D2,17D2,18D2,19D2,20D2;5D2,6D2,15D2,16D2,17D2,18D2;1D2,2D2,3D2,4D2,13D2,14D2,15D2,16D2. The summed E-state index contributed by atoms with van der Waals surface area (Å²) in [6.45, 7) is -35.0. The van der Waals surface area contributed by atoms with E-state index in [1.54, 1.807) is 0 Å². The Kier molecular flexibility index (Phi) is 19.2. The first-order valence-electron chi connectivity index (χ1n) is 66.0. The van der Waals surface area contributed by atoms with Crippen molar-refractivity contribution < 1.29 is 151 Å². The zero-order valence-electron chi connectivity index (χ0n) is 118. The number of nitrogens with one attached hydrogen (secondary N) is 2. The van der Waals surface area contributed by atoms with E-state index in [0.29, 0.717) is 54.3 Å². The van der Waals surface area contributed by atoms with Gasteiger partial charge in [-0.25, -0.2) is 18.5 Å². The minimum absolute atomic E-state index is 0.00761. The Hall–Kier alpha value is -12.8. The van der Waals surface area contributed by atoms with E-state index in [0.717, 1.165) is 124 Å². The monoisotopic (exact) mass is 1970 g/mol. The van der Waals surface area contributed by atoms with Crippen molar-refractivity contribution in [2.75, 3.05) is 170 Å². The molecule has 6 aromatic carbocycles.